The van der Waals surface area contributed by atoms with E-state index in [0.717, 1.165) is 14.0 Å². The minimum atomic E-state index is -1.02. The van der Waals surface area contributed by atoms with Gasteiger partial charge in [-0.15, -0.1) is 0 Å². The Labute approximate surface area is 68.6 Å². The average molecular weight is 172 g/mol. The maximum atomic E-state index is 10.7. The van der Waals surface area contributed by atoms with Crippen LogP contribution in [0.1, 0.15) is 6.92 Å². The number of aliphatic hydroxyl groups excluding tert-OH is 1. The predicted molar refractivity (Wildman–Crippen MR) is 38.4 cm³/mol. The molecule has 0 aliphatic carbocycles. The minimum absolute atomic E-state index is 0.00759. The van der Waals surface area contributed by atoms with E-state index in [4.69, 9.17) is 5.11 Å². The number of aliphatic hydroxyl groups is 1. The molecule has 0 aliphatic rings. The molecule has 0 aromatic rings. The smallest absolute Gasteiger partial charge is 0.345 e. The molecule has 0 atom stereocenters. The van der Waals surface area contributed by atoms with Crippen LogP contribution < -0.4 is 0 Å². The lowest BCUT2D eigenvalue weighted by molar-refractivity contribution is -0.138. The van der Waals surface area contributed by atoms with Crippen LogP contribution in [0, 0.1) is 0 Å². The highest BCUT2D eigenvalue weighted by molar-refractivity contribution is 6.18. The number of ether oxygens (including phenoxy) is 1. The summed E-state index contributed by atoms with van der Waals surface area (Å²) in [5, 5.41) is 8.78. The van der Waals surface area contributed by atoms with Crippen molar-refractivity contribution in [1.82, 2.24) is 0 Å². The molecule has 0 saturated heterocycles. The second kappa shape index (κ2) is 4.27. The summed E-state index contributed by atoms with van der Waals surface area (Å²) in [6, 6.07) is 0. The van der Waals surface area contributed by atoms with Gasteiger partial charge in [-0.3, -0.25) is 9.59 Å². The van der Waals surface area contributed by atoms with Gasteiger partial charge in [0.05, 0.1) is 7.11 Å². The third-order valence-electron chi connectivity index (χ3n) is 1.11. The summed E-state index contributed by atoms with van der Waals surface area (Å²) in [5.74, 6) is -2.65. The van der Waals surface area contributed by atoms with Crippen molar-refractivity contribution in [2.45, 2.75) is 6.92 Å². The van der Waals surface area contributed by atoms with E-state index in [2.05, 4.69) is 4.74 Å². The molecule has 0 unspecified atom stereocenters. The zero-order chi connectivity index (χ0) is 9.72. The second-order valence-corrected chi connectivity index (χ2v) is 1.93. The van der Waals surface area contributed by atoms with E-state index in [1.165, 1.54) is 0 Å². The van der Waals surface area contributed by atoms with Gasteiger partial charge in [-0.2, -0.15) is 0 Å². The summed E-state index contributed by atoms with van der Waals surface area (Å²) < 4.78 is 4.16. The van der Waals surface area contributed by atoms with Crippen LogP contribution in [0.2, 0.25) is 0 Å². The lowest BCUT2D eigenvalue weighted by Gasteiger charge is -2.00. The van der Waals surface area contributed by atoms with Crippen LogP contribution in [0.15, 0.2) is 11.3 Å². The Bertz CT molecular complexity index is 251. The molecular formula is C7H8O5. The number of aldehydes is 1. The average Bonchev–Trinajstić information content (AvgIpc) is 2.03. The van der Waals surface area contributed by atoms with Crippen LogP contribution in [0.25, 0.3) is 0 Å². The van der Waals surface area contributed by atoms with Crippen molar-refractivity contribution in [2.75, 3.05) is 7.11 Å². The molecule has 0 aromatic heterocycles. The Balaban J connectivity index is 5.04. The summed E-state index contributed by atoms with van der Waals surface area (Å²) in [6.45, 7) is 1.05. The van der Waals surface area contributed by atoms with E-state index in [-0.39, 0.29) is 6.29 Å². The van der Waals surface area contributed by atoms with Crippen LogP contribution in [-0.2, 0) is 19.1 Å². The molecule has 12 heavy (non-hydrogen) atoms. The first-order valence-electron chi connectivity index (χ1n) is 3.02. The first-order valence-corrected chi connectivity index (χ1v) is 3.02. The fourth-order valence-electron chi connectivity index (χ4n) is 0.590. The van der Waals surface area contributed by atoms with Gasteiger partial charge in [0.25, 0.3) is 0 Å². The zero-order valence-corrected chi connectivity index (χ0v) is 6.66. The first-order chi connectivity index (χ1) is 5.54. The molecule has 66 valence electrons. The van der Waals surface area contributed by atoms with Crippen molar-refractivity contribution in [3.05, 3.63) is 11.3 Å². The fraction of sp³-hybridized carbons (Fsp3) is 0.286. The van der Waals surface area contributed by atoms with Crippen molar-refractivity contribution in [3.63, 3.8) is 0 Å². The molecule has 1 N–H and O–H groups in total. The van der Waals surface area contributed by atoms with Gasteiger partial charge in [0.15, 0.2) is 17.8 Å². The summed E-state index contributed by atoms with van der Waals surface area (Å²) in [5.41, 5.74) is -0.632. The molecular weight excluding hydrogens is 164 g/mol. The van der Waals surface area contributed by atoms with Crippen LogP contribution in [0.3, 0.4) is 0 Å². The second-order valence-electron chi connectivity index (χ2n) is 1.93. The normalized spacial score (nSPS) is 11.5. The van der Waals surface area contributed by atoms with Gasteiger partial charge in [0.2, 0.25) is 0 Å². The lowest BCUT2D eigenvalue weighted by Crippen LogP contribution is -2.15. The molecule has 0 aliphatic heterocycles. The summed E-state index contributed by atoms with van der Waals surface area (Å²) in [6.07, 6.45) is 0.00759. The van der Waals surface area contributed by atoms with Crippen LogP contribution in [-0.4, -0.2) is 30.3 Å². The number of ketones is 1. The summed E-state index contributed by atoms with van der Waals surface area (Å²) in [4.78, 5) is 31.4. The number of Topliss-reactive ketones (excluding diaryl/α,β-unsaturated/α-hetero) is 1. The van der Waals surface area contributed by atoms with Crippen molar-refractivity contribution in [1.29, 1.82) is 0 Å². The van der Waals surface area contributed by atoms with Gasteiger partial charge in [0.1, 0.15) is 5.57 Å². The van der Waals surface area contributed by atoms with E-state index in [0.29, 0.717) is 0 Å². The van der Waals surface area contributed by atoms with Crippen molar-refractivity contribution in [2.24, 2.45) is 0 Å². The first kappa shape index (κ1) is 10.3. The monoisotopic (exact) mass is 172 g/mol. The molecule has 0 spiro atoms. The molecule has 0 amide bonds. The molecule has 0 fully saturated rings. The highest BCUT2D eigenvalue weighted by Gasteiger charge is 2.19. The Hall–Kier alpha value is -1.65. The third kappa shape index (κ3) is 2.19. The van der Waals surface area contributed by atoms with Gasteiger partial charge in [0, 0.05) is 0 Å². The number of carbonyl (C=O) groups is 3. The molecule has 5 heteroatoms. The maximum absolute atomic E-state index is 10.7. The highest BCUT2D eigenvalue weighted by atomic mass is 16.5. The van der Waals surface area contributed by atoms with Gasteiger partial charge in [-0.1, -0.05) is 0 Å². The Morgan fingerprint density at radius 1 is 1.42 bits per heavy atom. The molecule has 0 radical (unpaired) electrons. The highest BCUT2D eigenvalue weighted by Crippen LogP contribution is 2.03. The molecule has 0 heterocycles. The van der Waals surface area contributed by atoms with E-state index in [1.54, 1.807) is 0 Å². The molecule has 0 bridgehead atoms. The standard InChI is InChI=1S/C7H8O5/c1-4(9)6(5(10)3-8)7(11)12-2/h3,10H,1-2H3/b6-5+. The van der Waals surface area contributed by atoms with Crippen LogP contribution in [0.5, 0.6) is 0 Å². The summed E-state index contributed by atoms with van der Waals surface area (Å²) in [7, 11) is 1.04. The van der Waals surface area contributed by atoms with Gasteiger partial charge in [-0.05, 0) is 6.92 Å². The van der Waals surface area contributed by atoms with Crippen molar-refractivity contribution in [3.8, 4) is 0 Å². The molecule has 0 aromatic carbocycles. The number of hydrogen-bond acceptors (Lipinski definition) is 5. The summed E-state index contributed by atoms with van der Waals surface area (Å²) >= 11 is 0. The van der Waals surface area contributed by atoms with Gasteiger partial charge >= 0.3 is 5.97 Å². The van der Waals surface area contributed by atoms with E-state index >= 15 is 0 Å². The number of allylic oxidation sites excluding steroid dienone is 1. The largest absolute Gasteiger partial charge is 0.504 e. The quantitative estimate of drug-likeness (QED) is 0.159. The maximum Gasteiger partial charge on any atom is 0.345 e. The van der Waals surface area contributed by atoms with E-state index in [9.17, 15) is 14.4 Å². The molecule has 0 saturated carbocycles. The predicted octanol–water partition coefficient (Wildman–Crippen LogP) is -0.241. The van der Waals surface area contributed by atoms with Crippen LogP contribution in [0.4, 0.5) is 0 Å². The van der Waals surface area contributed by atoms with Crippen molar-refractivity contribution < 1.29 is 24.2 Å². The SMILES string of the molecule is COC(=O)/C(C(C)=O)=C(/O)C=O. The number of hydrogen-bond donors (Lipinski definition) is 1. The Kier molecular flexibility index (Phi) is 3.69. The number of esters is 1. The van der Waals surface area contributed by atoms with Gasteiger partial charge < -0.3 is 9.84 Å². The van der Waals surface area contributed by atoms with Crippen LogP contribution >= 0.6 is 0 Å². The molecule has 5 nitrogen and oxygen atoms in total. The van der Waals surface area contributed by atoms with Crippen molar-refractivity contribution >= 4 is 18.0 Å². The topological polar surface area (TPSA) is 80.7 Å². The number of carbonyl (C=O) groups excluding carboxylic acids is 3. The van der Waals surface area contributed by atoms with E-state index < -0.39 is 23.1 Å². The van der Waals surface area contributed by atoms with E-state index in [1.807, 2.05) is 0 Å². The Morgan fingerprint density at radius 3 is 2.17 bits per heavy atom. The number of rotatable bonds is 3. The zero-order valence-electron chi connectivity index (χ0n) is 6.66. The fourth-order valence-corrected chi connectivity index (χ4v) is 0.590. The molecule has 0 rings (SSSR count). The third-order valence-corrected chi connectivity index (χ3v) is 1.11. The lowest BCUT2D eigenvalue weighted by atomic mass is 10.1. The number of methoxy groups -OCH3 is 1. The van der Waals surface area contributed by atoms with Gasteiger partial charge in [-0.25, -0.2) is 4.79 Å². The minimum Gasteiger partial charge on any atom is -0.504 e. The Morgan fingerprint density at radius 2 is 1.92 bits per heavy atom.